The van der Waals surface area contributed by atoms with Crippen LogP contribution in [0.25, 0.3) is 0 Å². The molecule has 3 amide bonds. The van der Waals surface area contributed by atoms with Gasteiger partial charge < -0.3 is 29.7 Å². The SMILES string of the molecule is C=CCCC(=O)N[C@H](C)[C@@H](OC(=O)[C@H]1[C@@H]2O[C@@]3(CC2Br)[C@@H]1C(=O)N([C@@H](CO)C(C)C)[C@@H]3C(=O)N(CC=C)C(C)C)c1ccccc1. The maximum atomic E-state index is 14.6. The molecule has 1 aromatic rings. The number of carbonyl (C=O) groups is 4. The van der Waals surface area contributed by atoms with Gasteiger partial charge in [-0.05, 0) is 45.1 Å². The van der Waals surface area contributed by atoms with Crippen molar-refractivity contribution in [3.63, 3.8) is 0 Å². The van der Waals surface area contributed by atoms with Gasteiger partial charge in [-0.1, -0.05) is 72.3 Å². The molecule has 1 aromatic carbocycles. The first-order valence-corrected chi connectivity index (χ1v) is 17.1. The zero-order chi connectivity index (χ0) is 33.9. The summed E-state index contributed by atoms with van der Waals surface area (Å²) in [5.41, 5.74) is -0.619. The number of esters is 1. The Balaban J connectivity index is 1.74. The second-order valence-corrected chi connectivity index (χ2v) is 14.4. The summed E-state index contributed by atoms with van der Waals surface area (Å²) in [4.78, 5) is 58.8. The predicted molar refractivity (Wildman–Crippen MR) is 178 cm³/mol. The number of aliphatic hydroxyl groups excluding tert-OH is 1. The van der Waals surface area contributed by atoms with Crippen LogP contribution >= 0.6 is 15.9 Å². The van der Waals surface area contributed by atoms with Crippen LogP contribution in [-0.4, -0.2) is 92.4 Å². The number of amides is 3. The molecule has 2 N–H and O–H groups in total. The second kappa shape index (κ2) is 14.8. The average molecular weight is 703 g/mol. The normalized spacial score (nSPS) is 28.5. The van der Waals surface area contributed by atoms with E-state index in [1.807, 2.05) is 58.0 Å². The van der Waals surface area contributed by atoms with E-state index in [2.05, 4.69) is 34.4 Å². The second-order valence-electron chi connectivity index (χ2n) is 13.2. The highest BCUT2D eigenvalue weighted by Gasteiger charge is 2.77. The van der Waals surface area contributed by atoms with E-state index < -0.39 is 59.6 Å². The van der Waals surface area contributed by atoms with Crippen molar-refractivity contribution in [1.82, 2.24) is 15.1 Å². The smallest absolute Gasteiger partial charge is 0.313 e. The fourth-order valence-corrected chi connectivity index (χ4v) is 8.33. The number of rotatable bonds is 15. The first kappa shape index (κ1) is 35.8. The standard InChI is InChI=1S/C35H48BrN3O7/c1-8-10-16-26(41)37-22(7)29(23-14-12-11-13-15-23)45-34(44)27-28-32(42)39(25(19-40)20(3)4)31(33(43)38(17-9-2)21(5)6)35(28)18-24(36)30(27)46-35/h8-9,11-15,20-22,24-25,27-31,40H,1-2,10,16-19H2,3-7H3,(H,37,41)/t22-,24?,25+,27-,28+,29-,30-,31-,35+/m1/s1. The van der Waals surface area contributed by atoms with Crippen LogP contribution < -0.4 is 5.32 Å². The molecule has 1 unspecified atom stereocenters. The lowest BCUT2D eigenvalue weighted by molar-refractivity contribution is -0.163. The maximum absolute atomic E-state index is 14.6. The Morgan fingerprint density at radius 1 is 1.17 bits per heavy atom. The number of fused-ring (bicyclic) bond motifs is 1. The molecule has 3 aliphatic heterocycles. The van der Waals surface area contributed by atoms with Crippen molar-refractivity contribution in [2.24, 2.45) is 17.8 Å². The Morgan fingerprint density at radius 2 is 1.85 bits per heavy atom. The van der Waals surface area contributed by atoms with Crippen molar-refractivity contribution in [2.45, 2.75) is 101 Å². The van der Waals surface area contributed by atoms with Crippen molar-refractivity contribution in [2.75, 3.05) is 13.2 Å². The van der Waals surface area contributed by atoms with Crippen LogP contribution in [0.1, 0.15) is 65.5 Å². The number of ether oxygens (including phenoxy) is 2. The zero-order valence-electron chi connectivity index (χ0n) is 27.4. The van der Waals surface area contributed by atoms with E-state index in [1.165, 1.54) is 4.90 Å². The summed E-state index contributed by atoms with van der Waals surface area (Å²) >= 11 is 3.71. The van der Waals surface area contributed by atoms with Crippen molar-refractivity contribution in [1.29, 1.82) is 0 Å². The quantitative estimate of drug-likeness (QED) is 0.161. The number of hydrogen-bond acceptors (Lipinski definition) is 7. The molecule has 3 saturated heterocycles. The number of carbonyl (C=O) groups excluding carboxylic acids is 4. The van der Waals surface area contributed by atoms with E-state index in [1.54, 1.807) is 24.0 Å². The molecule has 46 heavy (non-hydrogen) atoms. The Bertz CT molecular complexity index is 1310. The van der Waals surface area contributed by atoms with E-state index in [0.29, 0.717) is 18.4 Å². The minimum atomic E-state index is -1.31. The topological polar surface area (TPSA) is 125 Å². The molecule has 0 aromatic heterocycles. The van der Waals surface area contributed by atoms with Crippen LogP contribution in [-0.2, 0) is 28.7 Å². The lowest BCUT2D eigenvalue weighted by Gasteiger charge is -2.41. The van der Waals surface area contributed by atoms with Crippen molar-refractivity contribution >= 4 is 39.6 Å². The van der Waals surface area contributed by atoms with Gasteiger partial charge in [0.15, 0.2) is 0 Å². The van der Waals surface area contributed by atoms with E-state index in [4.69, 9.17) is 9.47 Å². The van der Waals surface area contributed by atoms with Crippen LogP contribution in [0, 0.1) is 17.8 Å². The maximum Gasteiger partial charge on any atom is 0.313 e. The van der Waals surface area contributed by atoms with Crippen molar-refractivity contribution in [3.8, 4) is 0 Å². The van der Waals surface area contributed by atoms with Crippen LogP contribution in [0.2, 0.25) is 0 Å². The summed E-state index contributed by atoms with van der Waals surface area (Å²) in [5.74, 6) is -3.74. The molecule has 4 rings (SSSR count). The zero-order valence-corrected chi connectivity index (χ0v) is 29.0. The van der Waals surface area contributed by atoms with Gasteiger partial charge in [-0.15, -0.1) is 13.2 Å². The Kier molecular flexibility index (Phi) is 11.5. The van der Waals surface area contributed by atoms with Gasteiger partial charge in [0.2, 0.25) is 17.7 Å². The highest BCUT2D eigenvalue weighted by atomic mass is 79.9. The van der Waals surface area contributed by atoms with Gasteiger partial charge in [0, 0.05) is 23.8 Å². The lowest BCUT2D eigenvalue weighted by atomic mass is 9.70. The number of allylic oxidation sites excluding steroid dienone is 1. The molecule has 0 aliphatic carbocycles. The average Bonchev–Trinajstić information content (AvgIpc) is 3.61. The molecule has 1 spiro atoms. The molecule has 3 heterocycles. The van der Waals surface area contributed by atoms with E-state index >= 15 is 0 Å². The summed E-state index contributed by atoms with van der Waals surface area (Å²) in [6.45, 7) is 16.7. The van der Waals surface area contributed by atoms with Crippen LogP contribution in [0.3, 0.4) is 0 Å². The van der Waals surface area contributed by atoms with Crippen molar-refractivity contribution in [3.05, 3.63) is 61.2 Å². The number of benzene rings is 1. The van der Waals surface area contributed by atoms with Gasteiger partial charge in [-0.3, -0.25) is 19.2 Å². The minimum absolute atomic E-state index is 0.179. The highest BCUT2D eigenvalue weighted by Crippen LogP contribution is 2.61. The number of likely N-dealkylation sites (tertiary alicyclic amines) is 1. The molecule has 3 fully saturated rings. The number of nitrogens with one attached hydrogen (secondary N) is 1. The Hall–Kier alpha value is -3.02. The van der Waals surface area contributed by atoms with Crippen molar-refractivity contribution < 1.29 is 33.8 Å². The van der Waals surface area contributed by atoms with Crippen LogP contribution in [0.5, 0.6) is 0 Å². The van der Waals surface area contributed by atoms with E-state index in [0.717, 1.165) is 0 Å². The van der Waals surface area contributed by atoms with Gasteiger partial charge in [0.1, 0.15) is 17.7 Å². The third-order valence-electron chi connectivity index (χ3n) is 9.57. The van der Waals surface area contributed by atoms with Crippen LogP contribution in [0.4, 0.5) is 0 Å². The summed E-state index contributed by atoms with van der Waals surface area (Å²) in [6, 6.07) is 6.64. The number of hydrogen-bond donors (Lipinski definition) is 2. The molecule has 9 atom stereocenters. The Labute approximate surface area is 280 Å². The first-order valence-electron chi connectivity index (χ1n) is 16.2. The largest absolute Gasteiger partial charge is 0.455 e. The number of aliphatic hydroxyl groups is 1. The fraction of sp³-hybridized carbons (Fsp3) is 0.600. The van der Waals surface area contributed by atoms with Gasteiger partial charge >= 0.3 is 5.97 Å². The third kappa shape index (κ3) is 6.55. The number of halogens is 1. The molecule has 10 nitrogen and oxygen atoms in total. The summed E-state index contributed by atoms with van der Waals surface area (Å²) in [7, 11) is 0. The lowest BCUT2D eigenvalue weighted by Crippen LogP contribution is -2.60. The molecular formula is C35H48BrN3O7. The highest BCUT2D eigenvalue weighted by molar-refractivity contribution is 9.09. The van der Waals surface area contributed by atoms with Gasteiger partial charge in [-0.25, -0.2) is 0 Å². The van der Waals surface area contributed by atoms with E-state index in [-0.39, 0.29) is 48.2 Å². The molecule has 0 saturated carbocycles. The van der Waals surface area contributed by atoms with Gasteiger partial charge in [-0.2, -0.15) is 0 Å². The molecule has 3 aliphatic rings. The van der Waals surface area contributed by atoms with Crippen LogP contribution in [0.15, 0.2) is 55.6 Å². The molecular weight excluding hydrogens is 654 g/mol. The minimum Gasteiger partial charge on any atom is -0.455 e. The van der Waals surface area contributed by atoms with E-state index in [9.17, 15) is 24.3 Å². The number of nitrogens with zero attached hydrogens (tertiary/aromatic N) is 2. The molecule has 2 bridgehead atoms. The van der Waals surface area contributed by atoms with Gasteiger partial charge in [0.05, 0.1) is 36.6 Å². The molecule has 11 heteroatoms. The molecule has 0 radical (unpaired) electrons. The third-order valence-corrected chi connectivity index (χ3v) is 10.4. The first-order chi connectivity index (χ1) is 21.8. The van der Waals surface area contributed by atoms with Gasteiger partial charge in [0.25, 0.3) is 0 Å². The summed E-state index contributed by atoms with van der Waals surface area (Å²) < 4.78 is 12.9. The number of alkyl halides is 1. The summed E-state index contributed by atoms with van der Waals surface area (Å²) in [6.07, 6.45) is 2.83. The predicted octanol–water partition coefficient (Wildman–Crippen LogP) is 3.93. The summed E-state index contributed by atoms with van der Waals surface area (Å²) in [5, 5.41) is 13.4. The fourth-order valence-electron chi connectivity index (χ4n) is 7.39. The molecule has 252 valence electrons. The monoisotopic (exact) mass is 701 g/mol. The Morgan fingerprint density at radius 3 is 2.41 bits per heavy atom.